The van der Waals surface area contributed by atoms with Crippen molar-refractivity contribution >= 4 is 0 Å². The molecule has 0 bridgehead atoms. The van der Waals surface area contributed by atoms with E-state index in [2.05, 4.69) is 9.97 Å². The van der Waals surface area contributed by atoms with Crippen molar-refractivity contribution in [2.24, 2.45) is 0 Å². The molecule has 2 aromatic heterocycles. The number of H-pyrrole nitrogens is 1. The van der Waals surface area contributed by atoms with Gasteiger partial charge in [-0.05, 0) is 23.8 Å². The molecule has 2 N–H and O–H groups in total. The van der Waals surface area contributed by atoms with Crippen LogP contribution in [-0.2, 0) is 6.61 Å². The van der Waals surface area contributed by atoms with Crippen molar-refractivity contribution in [1.29, 1.82) is 0 Å². The van der Waals surface area contributed by atoms with Gasteiger partial charge in [-0.3, -0.25) is 4.98 Å². The molecule has 0 aliphatic heterocycles. The zero-order chi connectivity index (χ0) is 9.36. The minimum absolute atomic E-state index is 0.128. The lowest BCUT2D eigenvalue weighted by molar-refractivity contribution is 0.282. The summed E-state index contributed by atoms with van der Waals surface area (Å²) in [4.78, 5) is 6.61. The third kappa shape index (κ3) is 4.08. The van der Waals surface area contributed by atoms with Crippen LogP contribution in [0.2, 0.25) is 0 Å². The van der Waals surface area contributed by atoms with E-state index in [4.69, 9.17) is 5.11 Å². The second kappa shape index (κ2) is 5.97. The number of pyridine rings is 1. The predicted molar refractivity (Wildman–Crippen MR) is 51.0 cm³/mol. The van der Waals surface area contributed by atoms with Gasteiger partial charge in [0.15, 0.2) is 0 Å². The van der Waals surface area contributed by atoms with Gasteiger partial charge in [0.25, 0.3) is 0 Å². The van der Waals surface area contributed by atoms with E-state index in [-0.39, 0.29) is 6.61 Å². The fraction of sp³-hybridized carbons (Fsp3) is 0.100. The second-order valence-corrected chi connectivity index (χ2v) is 2.40. The number of aromatic nitrogens is 2. The summed E-state index contributed by atoms with van der Waals surface area (Å²) in [7, 11) is 0. The summed E-state index contributed by atoms with van der Waals surface area (Å²) in [6, 6.07) is 7.55. The fourth-order valence-corrected chi connectivity index (χ4v) is 0.769. The second-order valence-electron chi connectivity index (χ2n) is 2.40. The smallest absolute Gasteiger partial charge is 0.0696 e. The molecule has 2 rings (SSSR count). The Morgan fingerprint density at radius 1 is 1.23 bits per heavy atom. The van der Waals surface area contributed by atoms with Crippen molar-refractivity contribution in [1.82, 2.24) is 9.97 Å². The van der Waals surface area contributed by atoms with Gasteiger partial charge < -0.3 is 10.1 Å². The lowest BCUT2D eigenvalue weighted by Crippen LogP contribution is -1.72. The molecule has 0 aliphatic carbocycles. The Morgan fingerprint density at radius 3 is 2.23 bits per heavy atom. The molecular formula is C10H12N2O. The maximum atomic E-state index is 8.41. The van der Waals surface area contributed by atoms with Gasteiger partial charge in [-0.2, -0.15) is 0 Å². The summed E-state index contributed by atoms with van der Waals surface area (Å²) in [5, 5.41) is 8.41. The number of hydrogen-bond acceptors (Lipinski definition) is 2. The number of rotatable bonds is 1. The summed E-state index contributed by atoms with van der Waals surface area (Å²) < 4.78 is 0. The van der Waals surface area contributed by atoms with Crippen molar-refractivity contribution in [2.75, 3.05) is 0 Å². The topological polar surface area (TPSA) is 48.9 Å². The highest BCUT2D eigenvalue weighted by Crippen LogP contribution is 1.92. The highest BCUT2D eigenvalue weighted by molar-refractivity contribution is 5.05. The monoisotopic (exact) mass is 176 g/mol. The molecule has 2 aromatic rings. The Labute approximate surface area is 77.1 Å². The molecule has 2 heterocycles. The lowest BCUT2D eigenvalue weighted by Gasteiger charge is -1.78. The van der Waals surface area contributed by atoms with Crippen LogP contribution in [0.5, 0.6) is 0 Å². The molecule has 13 heavy (non-hydrogen) atoms. The summed E-state index contributed by atoms with van der Waals surface area (Å²) in [5.74, 6) is 0. The van der Waals surface area contributed by atoms with E-state index in [0.717, 1.165) is 5.56 Å². The first-order chi connectivity index (χ1) is 6.43. The Kier molecular flexibility index (Phi) is 4.35. The molecule has 0 atom stereocenters. The third-order valence-corrected chi connectivity index (χ3v) is 1.41. The zero-order valence-corrected chi connectivity index (χ0v) is 7.22. The average molecular weight is 176 g/mol. The van der Waals surface area contributed by atoms with Gasteiger partial charge in [0.2, 0.25) is 0 Å². The van der Waals surface area contributed by atoms with Gasteiger partial charge in [0, 0.05) is 24.8 Å². The number of aliphatic hydroxyl groups excluding tert-OH is 1. The van der Waals surface area contributed by atoms with Gasteiger partial charge in [0.1, 0.15) is 0 Å². The average Bonchev–Trinajstić information content (AvgIpc) is 2.74. The molecule has 0 fully saturated rings. The molecule has 0 radical (unpaired) electrons. The first kappa shape index (κ1) is 9.48. The van der Waals surface area contributed by atoms with Crippen LogP contribution in [0.1, 0.15) is 5.56 Å². The first-order valence-corrected chi connectivity index (χ1v) is 4.01. The number of aliphatic hydroxyl groups is 1. The Balaban J connectivity index is 0.000000132. The number of aromatic amines is 1. The first-order valence-electron chi connectivity index (χ1n) is 4.01. The Hall–Kier alpha value is -1.61. The van der Waals surface area contributed by atoms with Crippen LogP contribution in [-0.4, -0.2) is 15.1 Å². The van der Waals surface area contributed by atoms with Crippen molar-refractivity contribution in [3.05, 3.63) is 54.6 Å². The molecule has 0 amide bonds. The number of nitrogens with zero attached hydrogens (tertiary/aromatic N) is 1. The molecule has 0 aromatic carbocycles. The highest BCUT2D eigenvalue weighted by atomic mass is 16.3. The maximum absolute atomic E-state index is 8.41. The molecular weight excluding hydrogens is 164 g/mol. The van der Waals surface area contributed by atoms with Crippen LogP contribution in [0, 0.1) is 0 Å². The normalized spacial score (nSPS) is 8.69. The highest BCUT2D eigenvalue weighted by Gasteiger charge is 1.82. The molecule has 0 saturated carbocycles. The molecule has 0 unspecified atom stereocenters. The summed E-state index contributed by atoms with van der Waals surface area (Å²) in [5.41, 5.74) is 0.931. The van der Waals surface area contributed by atoms with Gasteiger partial charge in [-0.1, -0.05) is 6.07 Å². The lowest BCUT2D eigenvalue weighted by atomic mass is 10.4. The van der Waals surface area contributed by atoms with Gasteiger partial charge >= 0.3 is 0 Å². The van der Waals surface area contributed by atoms with Crippen LogP contribution in [0.3, 0.4) is 0 Å². The SMILES string of the molecule is OCc1cc[nH]c1.c1ccncc1. The quantitative estimate of drug-likeness (QED) is 0.693. The van der Waals surface area contributed by atoms with Gasteiger partial charge in [0.05, 0.1) is 6.61 Å². The van der Waals surface area contributed by atoms with E-state index >= 15 is 0 Å². The van der Waals surface area contributed by atoms with E-state index in [1.54, 1.807) is 24.8 Å². The van der Waals surface area contributed by atoms with Crippen LogP contribution in [0.4, 0.5) is 0 Å². The minimum Gasteiger partial charge on any atom is -0.392 e. The van der Waals surface area contributed by atoms with Crippen LogP contribution >= 0.6 is 0 Å². The van der Waals surface area contributed by atoms with Gasteiger partial charge in [-0.15, -0.1) is 0 Å². The number of hydrogen-bond donors (Lipinski definition) is 2. The summed E-state index contributed by atoms with van der Waals surface area (Å²) >= 11 is 0. The Bertz CT molecular complexity index is 265. The Morgan fingerprint density at radius 2 is 2.00 bits per heavy atom. The minimum atomic E-state index is 0.128. The van der Waals surface area contributed by atoms with Crippen LogP contribution in [0.25, 0.3) is 0 Å². The van der Waals surface area contributed by atoms with E-state index in [9.17, 15) is 0 Å². The number of nitrogens with one attached hydrogen (secondary N) is 1. The van der Waals surface area contributed by atoms with Crippen LogP contribution in [0.15, 0.2) is 49.1 Å². The largest absolute Gasteiger partial charge is 0.392 e. The molecule has 3 nitrogen and oxygen atoms in total. The van der Waals surface area contributed by atoms with Crippen molar-refractivity contribution < 1.29 is 5.11 Å². The molecule has 0 saturated heterocycles. The zero-order valence-electron chi connectivity index (χ0n) is 7.22. The van der Waals surface area contributed by atoms with E-state index in [1.165, 1.54) is 0 Å². The van der Waals surface area contributed by atoms with E-state index < -0.39 is 0 Å². The molecule has 68 valence electrons. The standard InChI is InChI=1S/C5H7NO.C5H5N/c7-4-5-1-2-6-3-5;1-2-4-6-5-3-1/h1-3,6-7H,4H2;1-5H. The maximum Gasteiger partial charge on any atom is 0.0696 e. The van der Waals surface area contributed by atoms with Crippen LogP contribution < -0.4 is 0 Å². The van der Waals surface area contributed by atoms with E-state index in [1.807, 2.05) is 24.3 Å². The summed E-state index contributed by atoms with van der Waals surface area (Å²) in [6.07, 6.45) is 7.05. The van der Waals surface area contributed by atoms with Crippen molar-refractivity contribution in [3.63, 3.8) is 0 Å². The van der Waals surface area contributed by atoms with E-state index in [0.29, 0.717) is 0 Å². The fourth-order valence-electron chi connectivity index (χ4n) is 0.769. The molecule has 0 aliphatic rings. The molecule has 3 heteroatoms. The predicted octanol–water partition coefficient (Wildman–Crippen LogP) is 1.59. The van der Waals surface area contributed by atoms with Gasteiger partial charge in [-0.25, -0.2) is 0 Å². The summed E-state index contributed by atoms with van der Waals surface area (Å²) in [6.45, 7) is 0.128. The van der Waals surface area contributed by atoms with Crippen molar-refractivity contribution in [2.45, 2.75) is 6.61 Å². The molecule has 0 spiro atoms. The third-order valence-electron chi connectivity index (χ3n) is 1.41. The van der Waals surface area contributed by atoms with Crippen molar-refractivity contribution in [3.8, 4) is 0 Å².